The molecule has 1 amide bonds. The molecule has 8 heteroatoms. The molecule has 34 heavy (non-hydrogen) atoms. The Hall–Kier alpha value is -3.26. The predicted octanol–water partition coefficient (Wildman–Crippen LogP) is 4.69. The molecule has 3 heterocycles. The van der Waals surface area contributed by atoms with Crippen molar-refractivity contribution in [2.45, 2.75) is 60.3 Å². The summed E-state index contributed by atoms with van der Waals surface area (Å²) >= 11 is 1.38. The normalized spacial score (nSPS) is 11.3. The second kappa shape index (κ2) is 9.93. The van der Waals surface area contributed by atoms with Gasteiger partial charge in [-0.05, 0) is 57.4 Å². The smallest absolute Gasteiger partial charge is 0.268 e. The Morgan fingerprint density at radius 3 is 2.68 bits per heavy atom. The number of aromatic nitrogens is 4. The summed E-state index contributed by atoms with van der Waals surface area (Å²) in [5, 5.41) is 9.60. The third kappa shape index (κ3) is 4.68. The molecule has 0 radical (unpaired) electrons. The predicted molar refractivity (Wildman–Crippen MR) is 137 cm³/mol. The number of hydrogen-bond acceptors (Lipinski definition) is 5. The van der Waals surface area contributed by atoms with Crippen LogP contribution >= 0.6 is 11.3 Å². The Morgan fingerprint density at radius 1 is 1.12 bits per heavy atom. The zero-order chi connectivity index (χ0) is 24.4. The van der Waals surface area contributed by atoms with Gasteiger partial charge in [0.25, 0.3) is 5.56 Å². The first kappa shape index (κ1) is 23.9. The SMILES string of the molecule is CCCCCNC(=O)Cc1csc2nc(C)c(-c3cc(C)n(-c4cc(C)ccc4C)n3)c(=O)n12. The van der Waals surface area contributed by atoms with Gasteiger partial charge in [0.15, 0.2) is 4.96 Å². The number of nitrogens with one attached hydrogen (secondary N) is 1. The molecule has 4 rings (SSSR count). The van der Waals surface area contributed by atoms with Crippen molar-refractivity contribution in [3.8, 4) is 16.9 Å². The monoisotopic (exact) mass is 477 g/mol. The molecular formula is C26H31N5O2S. The third-order valence-electron chi connectivity index (χ3n) is 6.00. The van der Waals surface area contributed by atoms with Gasteiger partial charge >= 0.3 is 0 Å². The van der Waals surface area contributed by atoms with Gasteiger partial charge in [0.2, 0.25) is 5.91 Å². The zero-order valence-electron chi connectivity index (χ0n) is 20.4. The van der Waals surface area contributed by atoms with Crippen molar-refractivity contribution in [2.75, 3.05) is 6.54 Å². The summed E-state index contributed by atoms with van der Waals surface area (Å²) in [6, 6.07) is 8.16. The van der Waals surface area contributed by atoms with Crippen LogP contribution in [0.15, 0.2) is 34.4 Å². The van der Waals surface area contributed by atoms with E-state index >= 15 is 0 Å². The van der Waals surface area contributed by atoms with Gasteiger partial charge in [-0.1, -0.05) is 31.9 Å². The van der Waals surface area contributed by atoms with Crippen molar-refractivity contribution in [3.05, 3.63) is 68.2 Å². The van der Waals surface area contributed by atoms with Crippen LogP contribution in [0.4, 0.5) is 0 Å². The van der Waals surface area contributed by atoms with Gasteiger partial charge in [0.05, 0.1) is 23.4 Å². The van der Waals surface area contributed by atoms with Gasteiger partial charge in [-0.3, -0.25) is 14.0 Å². The van der Waals surface area contributed by atoms with E-state index in [9.17, 15) is 9.59 Å². The first-order valence-corrected chi connectivity index (χ1v) is 12.6. The van der Waals surface area contributed by atoms with E-state index in [4.69, 9.17) is 5.10 Å². The maximum atomic E-state index is 13.6. The topological polar surface area (TPSA) is 81.3 Å². The number of nitrogens with zero attached hydrogens (tertiary/aromatic N) is 4. The first-order valence-electron chi connectivity index (χ1n) is 11.7. The summed E-state index contributed by atoms with van der Waals surface area (Å²) in [7, 11) is 0. The molecule has 0 atom stereocenters. The van der Waals surface area contributed by atoms with Crippen LogP contribution in [0.1, 0.15) is 54.4 Å². The van der Waals surface area contributed by atoms with Crippen molar-refractivity contribution < 1.29 is 4.79 Å². The van der Waals surface area contributed by atoms with E-state index < -0.39 is 0 Å². The molecule has 7 nitrogen and oxygen atoms in total. The second-order valence-corrected chi connectivity index (χ2v) is 9.67. The lowest BCUT2D eigenvalue weighted by atomic mass is 10.1. The van der Waals surface area contributed by atoms with E-state index in [0.717, 1.165) is 41.8 Å². The highest BCUT2D eigenvalue weighted by Gasteiger charge is 2.20. The van der Waals surface area contributed by atoms with Crippen molar-refractivity contribution in [2.24, 2.45) is 0 Å². The van der Waals surface area contributed by atoms with E-state index in [1.54, 1.807) is 4.40 Å². The van der Waals surface area contributed by atoms with Crippen LogP contribution in [-0.2, 0) is 11.2 Å². The van der Waals surface area contributed by atoms with Crippen molar-refractivity contribution in [1.82, 2.24) is 24.5 Å². The summed E-state index contributed by atoms with van der Waals surface area (Å²) in [5.41, 5.74) is 6.32. The largest absolute Gasteiger partial charge is 0.356 e. The summed E-state index contributed by atoms with van der Waals surface area (Å²) in [4.78, 5) is 31.4. The number of carbonyl (C=O) groups is 1. The molecule has 0 aliphatic carbocycles. The van der Waals surface area contributed by atoms with E-state index in [1.807, 2.05) is 36.9 Å². The van der Waals surface area contributed by atoms with Crippen molar-refractivity contribution in [3.63, 3.8) is 0 Å². The molecule has 0 fully saturated rings. The van der Waals surface area contributed by atoms with Crippen LogP contribution < -0.4 is 10.9 Å². The number of fused-ring (bicyclic) bond motifs is 1. The Labute approximate surface area is 203 Å². The van der Waals surface area contributed by atoms with Crippen molar-refractivity contribution >= 4 is 22.2 Å². The number of unbranched alkanes of at least 4 members (excludes halogenated alkanes) is 2. The average molecular weight is 478 g/mol. The first-order chi connectivity index (χ1) is 16.3. The standard InChI is InChI=1S/C26H31N5O2S/c1-6-7-8-11-27-23(32)14-20-15-34-26-28-19(5)24(25(33)30(20)26)21-13-18(4)31(29-21)22-12-16(2)9-10-17(22)3/h9-10,12-13,15H,6-8,11,14H2,1-5H3,(H,27,32). The van der Waals surface area contributed by atoms with E-state index in [2.05, 4.69) is 42.3 Å². The highest BCUT2D eigenvalue weighted by Crippen LogP contribution is 2.25. The van der Waals surface area contributed by atoms with Crippen LogP contribution in [0.5, 0.6) is 0 Å². The number of hydrogen-bond donors (Lipinski definition) is 1. The summed E-state index contributed by atoms with van der Waals surface area (Å²) in [6.45, 7) is 10.7. The lowest BCUT2D eigenvalue weighted by Gasteiger charge is -2.09. The highest BCUT2D eigenvalue weighted by molar-refractivity contribution is 7.15. The Bertz CT molecular complexity index is 1410. The third-order valence-corrected chi connectivity index (χ3v) is 6.88. The quantitative estimate of drug-likeness (QED) is 0.373. The van der Waals surface area contributed by atoms with Gasteiger partial charge < -0.3 is 5.32 Å². The number of amides is 1. The van der Waals surface area contributed by atoms with Crippen LogP contribution in [0, 0.1) is 27.7 Å². The molecule has 0 saturated heterocycles. The summed E-state index contributed by atoms with van der Waals surface area (Å²) in [6.07, 6.45) is 3.29. The lowest BCUT2D eigenvalue weighted by Crippen LogP contribution is -2.28. The van der Waals surface area contributed by atoms with Crippen LogP contribution in [-0.4, -0.2) is 31.6 Å². The summed E-state index contributed by atoms with van der Waals surface area (Å²) in [5.74, 6) is -0.0835. The van der Waals surface area contributed by atoms with Gasteiger partial charge in [-0.15, -0.1) is 11.3 Å². The van der Waals surface area contributed by atoms with E-state index in [0.29, 0.717) is 34.2 Å². The van der Waals surface area contributed by atoms with Gasteiger partial charge in [0.1, 0.15) is 5.69 Å². The molecule has 0 saturated carbocycles. The fraction of sp³-hybridized carbons (Fsp3) is 0.385. The van der Waals surface area contributed by atoms with Gasteiger partial charge in [-0.25, -0.2) is 9.67 Å². The molecule has 3 aromatic heterocycles. The van der Waals surface area contributed by atoms with Gasteiger partial charge in [-0.2, -0.15) is 5.10 Å². The number of aryl methyl sites for hydroxylation is 4. The minimum absolute atomic E-state index is 0.0835. The second-order valence-electron chi connectivity index (χ2n) is 8.83. The molecule has 0 spiro atoms. The minimum Gasteiger partial charge on any atom is -0.356 e. The maximum Gasteiger partial charge on any atom is 0.268 e. The molecule has 1 N–H and O–H groups in total. The molecular weight excluding hydrogens is 446 g/mol. The molecule has 4 aromatic rings. The van der Waals surface area contributed by atoms with Gasteiger partial charge in [0, 0.05) is 23.3 Å². The molecule has 0 aliphatic rings. The zero-order valence-corrected chi connectivity index (χ0v) is 21.3. The average Bonchev–Trinajstić information content (AvgIpc) is 3.36. The molecule has 1 aromatic carbocycles. The van der Waals surface area contributed by atoms with E-state index in [1.165, 1.54) is 11.3 Å². The number of thiazole rings is 1. The van der Waals surface area contributed by atoms with Crippen LogP contribution in [0.25, 0.3) is 21.9 Å². The van der Waals surface area contributed by atoms with Crippen molar-refractivity contribution in [1.29, 1.82) is 0 Å². The fourth-order valence-electron chi connectivity index (χ4n) is 4.14. The molecule has 0 unspecified atom stereocenters. The fourth-order valence-corrected chi connectivity index (χ4v) is 5.07. The molecule has 178 valence electrons. The molecule has 0 aliphatic heterocycles. The lowest BCUT2D eigenvalue weighted by molar-refractivity contribution is -0.120. The maximum absolute atomic E-state index is 13.6. The Morgan fingerprint density at radius 2 is 1.91 bits per heavy atom. The minimum atomic E-state index is -0.192. The van der Waals surface area contributed by atoms with Crippen LogP contribution in [0.3, 0.4) is 0 Å². The van der Waals surface area contributed by atoms with Crippen LogP contribution in [0.2, 0.25) is 0 Å². The highest BCUT2D eigenvalue weighted by atomic mass is 32.1. The number of benzene rings is 1. The number of rotatable bonds is 8. The molecule has 0 bridgehead atoms. The Balaban J connectivity index is 1.72. The van der Waals surface area contributed by atoms with E-state index in [-0.39, 0.29) is 17.9 Å². The summed E-state index contributed by atoms with van der Waals surface area (Å²) < 4.78 is 3.44. The number of carbonyl (C=O) groups excluding carboxylic acids is 1. The Kier molecular flexibility index (Phi) is 6.97.